The monoisotopic (exact) mass is 397 g/mol. The number of hydrogen-bond acceptors (Lipinski definition) is 2. The summed E-state index contributed by atoms with van der Waals surface area (Å²) in [4.78, 5) is 12.0. The molecule has 3 nitrogen and oxygen atoms in total. The Morgan fingerprint density at radius 2 is 2.00 bits per heavy atom. The van der Waals surface area contributed by atoms with E-state index in [0.29, 0.717) is 11.7 Å². The van der Waals surface area contributed by atoms with E-state index in [0.717, 1.165) is 17.4 Å². The molecule has 0 aliphatic heterocycles. The summed E-state index contributed by atoms with van der Waals surface area (Å²) in [6.07, 6.45) is 4.69. The molecule has 136 valence electrons. The molecule has 1 amide bonds. The highest BCUT2D eigenvalue weighted by molar-refractivity contribution is 9.10. The van der Waals surface area contributed by atoms with Crippen LogP contribution in [0.5, 0.6) is 5.75 Å². The smallest absolute Gasteiger partial charge is 0.257 e. The van der Waals surface area contributed by atoms with Gasteiger partial charge < -0.3 is 10.1 Å². The van der Waals surface area contributed by atoms with Crippen molar-refractivity contribution in [2.24, 2.45) is 5.92 Å². The van der Waals surface area contributed by atoms with Gasteiger partial charge in [0.05, 0.1) is 4.47 Å². The molecule has 0 aliphatic rings. The second kappa shape index (κ2) is 10.1. The van der Waals surface area contributed by atoms with E-state index in [2.05, 4.69) is 68.0 Å². The van der Waals surface area contributed by atoms with Gasteiger partial charge in [0.15, 0.2) is 6.61 Å². The molecule has 0 bridgehead atoms. The highest BCUT2D eigenvalue weighted by Crippen LogP contribution is 2.31. The molecule has 0 aliphatic carbocycles. The molecule has 4 heteroatoms. The van der Waals surface area contributed by atoms with Crippen LogP contribution in [-0.2, 0) is 10.2 Å². The summed E-state index contributed by atoms with van der Waals surface area (Å²) in [6.45, 7) is 11.7. The van der Waals surface area contributed by atoms with Crippen molar-refractivity contribution in [2.45, 2.75) is 65.7 Å². The van der Waals surface area contributed by atoms with Crippen LogP contribution in [0.25, 0.3) is 0 Å². The average molecular weight is 398 g/mol. The lowest BCUT2D eigenvalue weighted by molar-refractivity contribution is -0.123. The predicted octanol–water partition coefficient (Wildman–Crippen LogP) is 5.46. The van der Waals surface area contributed by atoms with E-state index in [4.69, 9.17) is 4.74 Å². The van der Waals surface area contributed by atoms with Gasteiger partial charge in [-0.15, -0.1) is 0 Å². The zero-order valence-corrected chi connectivity index (χ0v) is 17.3. The first kappa shape index (κ1) is 21.0. The number of unbranched alkanes of at least 4 members (excludes halogenated alkanes) is 1. The number of rotatable bonds is 9. The van der Waals surface area contributed by atoms with Gasteiger partial charge >= 0.3 is 0 Å². The van der Waals surface area contributed by atoms with Crippen molar-refractivity contribution in [3.63, 3.8) is 0 Å². The predicted molar refractivity (Wildman–Crippen MR) is 105 cm³/mol. The van der Waals surface area contributed by atoms with E-state index >= 15 is 0 Å². The minimum Gasteiger partial charge on any atom is -0.483 e. The Bertz CT molecular complexity index is 523. The van der Waals surface area contributed by atoms with Gasteiger partial charge in [-0.05, 0) is 51.4 Å². The highest BCUT2D eigenvalue weighted by atomic mass is 79.9. The third-order valence-corrected chi connectivity index (χ3v) is 4.91. The lowest BCUT2D eigenvalue weighted by atomic mass is 9.87. The highest BCUT2D eigenvalue weighted by Gasteiger charge is 2.16. The fourth-order valence-corrected chi connectivity index (χ4v) is 2.97. The zero-order chi connectivity index (χ0) is 18.2. The number of benzene rings is 1. The quantitative estimate of drug-likeness (QED) is 0.600. The molecular formula is C20H32BrNO2. The normalized spacial score (nSPS) is 12.8. The standard InChI is InChI=1S/C20H32BrNO2/c1-6-8-9-15(7-2)13-22-19(23)14-24-18-11-10-16(12-17(18)21)20(3,4)5/h10-12,15H,6-9,13-14H2,1-5H3,(H,22,23). The van der Waals surface area contributed by atoms with Crippen molar-refractivity contribution < 1.29 is 9.53 Å². The van der Waals surface area contributed by atoms with E-state index in [1.54, 1.807) is 0 Å². The second-order valence-corrected chi connectivity index (χ2v) is 8.26. The summed E-state index contributed by atoms with van der Waals surface area (Å²) in [5.41, 5.74) is 1.32. The zero-order valence-electron chi connectivity index (χ0n) is 15.7. The average Bonchev–Trinajstić information content (AvgIpc) is 2.53. The van der Waals surface area contributed by atoms with Crippen LogP contribution in [0, 0.1) is 5.92 Å². The first-order valence-corrected chi connectivity index (χ1v) is 9.76. The van der Waals surface area contributed by atoms with Crippen molar-refractivity contribution in [3.8, 4) is 5.75 Å². The van der Waals surface area contributed by atoms with Crippen LogP contribution in [0.2, 0.25) is 0 Å². The fraction of sp³-hybridized carbons (Fsp3) is 0.650. The van der Waals surface area contributed by atoms with E-state index < -0.39 is 0 Å². The molecule has 1 rings (SSSR count). The van der Waals surface area contributed by atoms with Gasteiger partial charge in [-0.1, -0.05) is 59.9 Å². The molecule has 24 heavy (non-hydrogen) atoms. The summed E-state index contributed by atoms with van der Waals surface area (Å²) in [6, 6.07) is 6.04. The Kier molecular flexibility index (Phi) is 8.82. The van der Waals surface area contributed by atoms with Crippen molar-refractivity contribution >= 4 is 21.8 Å². The third kappa shape index (κ3) is 7.25. The van der Waals surface area contributed by atoms with E-state index in [1.807, 2.05) is 6.07 Å². The largest absolute Gasteiger partial charge is 0.483 e. The van der Waals surface area contributed by atoms with Gasteiger partial charge in [-0.25, -0.2) is 0 Å². The fourth-order valence-electron chi connectivity index (χ4n) is 2.48. The van der Waals surface area contributed by atoms with Crippen LogP contribution >= 0.6 is 15.9 Å². The number of nitrogens with one attached hydrogen (secondary N) is 1. The lowest BCUT2D eigenvalue weighted by Gasteiger charge is -2.20. The van der Waals surface area contributed by atoms with Gasteiger partial charge in [0, 0.05) is 6.54 Å². The van der Waals surface area contributed by atoms with Crippen molar-refractivity contribution in [2.75, 3.05) is 13.2 Å². The maximum absolute atomic E-state index is 12.0. The molecule has 1 N–H and O–H groups in total. The Labute approximate surface area is 155 Å². The summed E-state index contributed by atoms with van der Waals surface area (Å²) in [5, 5.41) is 2.99. The molecule has 1 atom stereocenters. The SMILES string of the molecule is CCCCC(CC)CNC(=O)COc1ccc(C(C)(C)C)cc1Br. The summed E-state index contributed by atoms with van der Waals surface area (Å²) in [7, 11) is 0. The van der Waals surface area contributed by atoms with E-state index in [1.165, 1.54) is 24.8 Å². The van der Waals surface area contributed by atoms with Crippen LogP contribution in [0.4, 0.5) is 0 Å². The second-order valence-electron chi connectivity index (χ2n) is 7.40. The minimum atomic E-state index is -0.0586. The maximum Gasteiger partial charge on any atom is 0.257 e. The molecular weight excluding hydrogens is 366 g/mol. The molecule has 0 spiro atoms. The number of hydrogen-bond donors (Lipinski definition) is 1. The first-order valence-electron chi connectivity index (χ1n) is 8.97. The molecule has 0 saturated heterocycles. The van der Waals surface area contributed by atoms with Crippen LogP contribution in [-0.4, -0.2) is 19.1 Å². The minimum absolute atomic E-state index is 0.0533. The molecule has 1 aromatic rings. The van der Waals surface area contributed by atoms with Gasteiger partial charge in [0.2, 0.25) is 0 Å². The Hall–Kier alpha value is -1.03. The first-order chi connectivity index (χ1) is 11.3. The van der Waals surface area contributed by atoms with Crippen molar-refractivity contribution in [3.05, 3.63) is 28.2 Å². The Morgan fingerprint density at radius 1 is 1.29 bits per heavy atom. The molecule has 0 fully saturated rings. The summed E-state index contributed by atoms with van der Waals surface area (Å²) >= 11 is 3.53. The molecule has 0 radical (unpaired) electrons. The number of ether oxygens (including phenoxy) is 1. The molecule has 1 unspecified atom stereocenters. The van der Waals surface area contributed by atoms with E-state index in [9.17, 15) is 4.79 Å². The molecule has 0 heterocycles. The Morgan fingerprint density at radius 3 is 2.54 bits per heavy atom. The molecule has 0 aromatic heterocycles. The third-order valence-electron chi connectivity index (χ3n) is 4.29. The van der Waals surface area contributed by atoms with Crippen LogP contribution in [0.3, 0.4) is 0 Å². The van der Waals surface area contributed by atoms with Crippen molar-refractivity contribution in [1.29, 1.82) is 0 Å². The van der Waals surface area contributed by atoms with Crippen LogP contribution in [0.1, 0.15) is 65.9 Å². The van der Waals surface area contributed by atoms with Crippen LogP contribution < -0.4 is 10.1 Å². The van der Waals surface area contributed by atoms with Gasteiger partial charge in [0.25, 0.3) is 5.91 Å². The number of amides is 1. The van der Waals surface area contributed by atoms with Gasteiger partial charge in [-0.2, -0.15) is 0 Å². The van der Waals surface area contributed by atoms with Gasteiger partial charge in [0.1, 0.15) is 5.75 Å². The topological polar surface area (TPSA) is 38.3 Å². The van der Waals surface area contributed by atoms with E-state index in [-0.39, 0.29) is 17.9 Å². The molecule has 1 aromatic carbocycles. The lowest BCUT2D eigenvalue weighted by Crippen LogP contribution is -2.33. The number of halogens is 1. The number of carbonyl (C=O) groups is 1. The Balaban J connectivity index is 2.47. The molecule has 0 saturated carbocycles. The van der Waals surface area contributed by atoms with Crippen molar-refractivity contribution in [1.82, 2.24) is 5.32 Å². The maximum atomic E-state index is 12.0. The summed E-state index contributed by atoms with van der Waals surface area (Å²) in [5.74, 6) is 1.21. The summed E-state index contributed by atoms with van der Waals surface area (Å²) < 4.78 is 6.54. The van der Waals surface area contributed by atoms with Gasteiger partial charge in [-0.3, -0.25) is 4.79 Å². The number of carbonyl (C=O) groups excluding carboxylic acids is 1. The van der Waals surface area contributed by atoms with Crippen LogP contribution in [0.15, 0.2) is 22.7 Å².